The van der Waals surface area contributed by atoms with Crippen molar-refractivity contribution in [1.29, 1.82) is 0 Å². The first-order valence-electron chi connectivity index (χ1n) is 8.07. The van der Waals surface area contributed by atoms with E-state index in [1.165, 1.54) is 12.3 Å². The fourth-order valence-corrected chi connectivity index (χ4v) is 2.24. The minimum Gasteiger partial charge on any atom is -0.489 e. The maximum absolute atomic E-state index is 13.5. The minimum absolute atomic E-state index is 0.307. The monoisotopic (exact) mass is 348 g/mol. The van der Waals surface area contributed by atoms with Gasteiger partial charge in [0.15, 0.2) is 0 Å². The number of rotatable bonds is 6. The molecule has 0 fully saturated rings. The average molecular weight is 348 g/mol. The first-order valence-corrected chi connectivity index (χ1v) is 8.07. The summed E-state index contributed by atoms with van der Waals surface area (Å²) in [5.41, 5.74) is 4.09. The number of carbonyl (C=O) groups is 1. The second kappa shape index (κ2) is 8.58. The summed E-state index contributed by atoms with van der Waals surface area (Å²) in [4.78, 5) is 12.1. The van der Waals surface area contributed by atoms with Crippen LogP contribution < -0.4 is 10.2 Å². The van der Waals surface area contributed by atoms with Crippen LogP contribution in [-0.4, -0.2) is 12.1 Å². The summed E-state index contributed by atoms with van der Waals surface area (Å²) in [6, 6.07) is 22.7. The molecule has 0 saturated heterocycles. The molecule has 3 aromatic carbocycles. The highest BCUT2D eigenvalue weighted by Gasteiger charge is 2.05. The second-order valence-electron chi connectivity index (χ2n) is 5.52. The van der Waals surface area contributed by atoms with Gasteiger partial charge < -0.3 is 4.74 Å². The van der Waals surface area contributed by atoms with Crippen LogP contribution in [-0.2, 0) is 6.61 Å². The van der Waals surface area contributed by atoms with Gasteiger partial charge >= 0.3 is 0 Å². The molecule has 0 heterocycles. The molecule has 0 atom stereocenters. The highest BCUT2D eigenvalue weighted by atomic mass is 19.1. The van der Waals surface area contributed by atoms with E-state index in [-0.39, 0.29) is 5.91 Å². The van der Waals surface area contributed by atoms with Crippen molar-refractivity contribution in [2.45, 2.75) is 6.61 Å². The molecule has 0 aliphatic heterocycles. The van der Waals surface area contributed by atoms with Crippen molar-refractivity contribution in [2.75, 3.05) is 0 Å². The van der Waals surface area contributed by atoms with Gasteiger partial charge in [0, 0.05) is 11.1 Å². The molecule has 0 radical (unpaired) electrons. The SMILES string of the molecule is O=C(N/N=C\c1ccccc1F)c1ccc(COc2ccccc2)cc1. The molecular formula is C21H17FN2O2. The highest BCUT2D eigenvalue weighted by Crippen LogP contribution is 2.12. The number of amides is 1. The van der Waals surface area contributed by atoms with E-state index in [0.717, 1.165) is 11.3 Å². The third-order valence-electron chi connectivity index (χ3n) is 3.64. The van der Waals surface area contributed by atoms with E-state index in [4.69, 9.17) is 4.74 Å². The van der Waals surface area contributed by atoms with Crippen LogP contribution in [0.1, 0.15) is 21.5 Å². The average Bonchev–Trinajstić information content (AvgIpc) is 2.69. The molecule has 1 amide bonds. The van der Waals surface area contributed by atoms with Crippen molar-refractivity contribution < 1.29 is 13.9 Å². The van der Waals surface area contributed by atoms with E-state index in [0.29, 0.717) is 17.7 Å². The summed E-state index contributed by atoms with van der Waals surface area (Å²) in [6.07, 6.45) is 1.27. The summed E-state index contributed by atoms with van der Waals surface area (Å²) in [5, 5.41) is 3.79. The van der Waals surface area contributed by atoms with Gasteiger partial charge in [-0.1, -0.05) is 48.5 Å². The lowest BCUT2D eigenvalue weighted by molar-refractivity contribution is 0.0955. The van der Waals surface area contributed by atoms with Gasteiger partial charge in [-0.2, -0.15) is 5.10 Å². The number of nitrogens with one attached hydrogen (secondary N) is 1. The van der Waals surface area contributed by atoms with Crippen molar-refractivity contribution in [2.24, 2.45) is 5.10 Å². The van der Waals surface area contributed by atoms with Crippen LogP contribution in [0.4, 0.5) is 4.39 Å². The molecule has 0 unspecified atom stereocenters. The van der Waals surface area contributed by atoms with E-state index < -0.39 is 5.82 Å². The predicted octanol–water partition coefficient (Wildman–Crippen LogP) is 4.17. The van der Waals surface area contributed by atoms with Gasteiger partial charge in [-0.05, 0) is 35.9 Å². The van der Waals surface area contributed by atoms with Crippen LogP contribution in [0.15, 0.2) is 84.0 Å². The van der Waals surface area contributed by atoms with Gasteiger partial charge in [0.1, 0.15) is 18.2 Å². The maximum Gasteiger partial charge on any atom is 0.271 e. The zero-order chi connectivity index (χ0) is 18.2. The van der Waals surface area contributed by atoms with Crippen LogP contribution in [0.5, 0.6) is 5.75 Å². The fourth-order valence-electron chi connectivity index (χ4n) is 2.24. The topological polar surface area (TPSA) is 50.7 Å². The Morgan fingerprint density at radius 2 is 1.65 bits per heavy atom. The molecule has 0 bridgehead atoms. The summed E-state index contributed by atoms with van der Waals surface area (Å²) >= 11 is 0. The number of ether oxygens (including phenoxy) is 1. The first-order chi connectivity index (χ1) is 12.7. The second-order valence-corrected chi connectivity index (χ2v) is 5.52. The van der Waals surface area contributed by atoms with Crippen LogP contribution in [0.2, 0.25) is 0 Å². The van der Waals surface area contributed by atoms with Gasteiger partial charge in [-0.15, -0.1) is 0 Å². The van der Waals surface area contributed by atoms with Crippen LogP contribution >= 0.6 is 0 Å². The predicted molar refractivity (Wildman–Crippen MR) is 98.7 cm³/mol. The van der Waals surface area contributed by atoms with E-state index in [1.54, 1.807) is 30.3 Å². The minimum atomic E-state index is -0.395. The number of para-hydroxylation sites is 1. The van der Waals surface area contributed by atoms with E-state index in [2.05, 4.69) is 10.5 Å². The van der Waals surface area contributed by atoms with Crippen LogP contribution in [0, 0.1) is 5.82 Å². The van der Waals surface area contributed by atoms with Crippen molar-refractivity contribution in [3.63, 3.8) is 0 Å². The molecule has 130 valence electrons. The zero-order valence-electron chi connectivity index (χ0n) is 13.9. The van der Waals surface area contributed by atoms with E-state index in [9.17, 15) is 9.18 Å². The zero-order valence-corrected chi connectivity index (χ0v) is 13.9. The fraction of sp³-hybridized carbons (Fsp3) is 0.0476. The van der Waals surface area contributed by atoms with Crippen molar-refractivity contribution in [3.8, 4) is 5.75 Å². The Balaban J connectivity index is 1.54. The Kier molecular flexibility index (Phi) is 5.72. The Bertz CT molecular complexity index is 893. The number of benzene rings is 3. The smallest absolute Gasteiger partial charge is 0.271 e. The molecule has 0 saturated carbocycles. The lowest BCUT2D eigenvalue weighted by Crippen LogP contribution is -2.17. The largest absolute Gasteiger partial charge is 0.489 e. The molecule has 0 spiro atoms. The number of hydrogen-bond acceptors (Lipinski definition) is 3. The molecule has 1 N–H and O–H groups in total. The van der Waals surface area contributed by atoms with Gasteiger partial charge in [0.2, 0.25) is 0 Å². The normalized spacial score (nSPS) is 10.7. The van der Waals surface area contributed by atoms with Gasteiger partial charge in [0.25, 0.3) is 5.91 Å². The number of carbonyl (C=O) groups excluding carboxylic acids is 1. The van der Waals surface area contributed by atoms with Gasteiger partial charge in [0.05, 0.1) is 6.21 Å². The number of hydrogen-bond donors (Lipinski definition) is 1. The Morgan fingerprint density at radius 1 is 0.962 bits per heavy atom. The number of hydrazone groups is 1. The quantitative estimate of drug-likeness (QED) is 0.537. The lowest BCUT2D eigenvalue weighted by Gasteiger charge is -2.06. The van der Waals surface area contributed by atoms with Crippen LogP contribution in [0.3, 0.4) is 0 Å². The highest BCUT2D eigenvalue weighted by molar-refractivity contribution is 5.94. The summed E-state index contributed by atoms with van der Waals surface area (Å²) in [7, 11) is 0. The van der Waals surface area contributed by atoms with Crippen molar-refractivity contribution >= 4 is 12.1 Å². The maximum atomic E-state index is 13.5. The summed E-state index contributed by atoms with van der Waals surface area (Å²) in [6.45, 7) is 0.414. The van der Waals surface area contributed by atoms with Crippen molar-refractivity contribution in [1.82, 2.24) is 5.43 Å². The number of halogens is 1. The molecule has 4 nitrogen and oxygen atoms in total. The molecule has 26 heavy (non-hydrogen) atoms. The molecule has 3 rings (SSSR count). The van der Waals surface area contributed by atoms with Gasteiger partial charge in [-0.25, -0.2) is 9.82 Å². The molecule has 5 heteroatoms. The van der Waals surface area contributed by atoms with E-state index >= 15 is 0 Å². The van der Waals surface area contributed by atoms with Crippen molar-refractivity contribution in [3.05, 3.63) is 101 Å². The lowest BCUT2D eigenvalue weighted by atomic mass is 10.1. The third kappa shape index (κ3) is 4.77. The Hall–Kier alpha value is -3.47. The third-order valence-corrected chi connectivity index (χ3v) is 3.64. The summed E-state index contributed by atoms with van der Waals surface area (Å²) < 4.78 is 19.1. The molecule has 3 aromatic rings. The molecular weight excluding hydrogens is 331 g/mol. The van der Waals surface area contributed by atoms with Gasteiger partial charge in [-0.3, -0.25) is 4.79 Å². The molecule has 0 aromatic heterocycles. The number of nitrogens with zero attached hydrogens (tertiary/aromatic N) is 1. The van der Waals surface area contributed by atoms with E-state index in [1.807, 2.05) is 42.5 Å². The first kappa shape index (κ1) is 17.4. The Labute approximate surface area is 150 Å². The molecule has 0 aliphatic carbocycles. The van der Waals surface area contributed by atoms with Crippen LogP contribution in [0.25, 0.3) is 0 Å². The summed E-state index contributed by atoms with van der Waals surface area (Å²) in [5.74, 6) is 0.0261. The molecule has 0 aliphatic rings. The Morgan fingerprint density at radius 3 is 2.38 bits per heavy atom. The standard InChI is InChI=1S/C21H17FN2O2/c22-20-9-5-4-6-18(20)14-23-24-21(25)17-12-10-16(11-13-17)15-26-19-7-2-1-3-8-19/h1-14H,15H2,(H,24,25)/b23-14-.